The van der Waals surface area contributed by atoms with Gasteiger partial charge in [0.2, 0.25) is 0 Å². The minimum Gasteiger partial charge on any atom is -0.493 e. The first-order chi connectivity index (χ1) is 10.7. The number of ketones is 1. The summed E-state index contributed by atoms with van der Waals surface area (Å²) in [5, 5.41) is 3.26. The summed E-state index contributed by atoms with van der Waals surface area (Å²) >= 11 is 0. The quantitative estimate of drug-likeness (QED) is 0.488. The van der Waals surface area contributed by atoms with Gasteiger partial charge in [-0.25, -0.2) is 4.79 Å². The predicted molar refractivity (Wildman–Crippen MR) is 80.5 cm³/mol. The molecule has 6 heteroatoms. The third-order valence-electron chi connectivity index (χ3n) is 3.43. The van der Waals surface area contributed by atoms with Gasteiger partial charge in [0.25, 0.3) is 5.78 Å². The molecule has 1 aromatic carbocycles. The highest BCUT2D eigenvalue weighted by atomic mass is 16.5. The van der Waals surface area contributed by atoms with Gasteiger partial charge >= 0.3 is 5.97 Å². The van der Waals surface area contributed by atoms with Gasteiger partial charge in [0.05, 0.1) is 13.7 Å². The first-order valence-corrected chi connectivity index (χ1v) is 7.42. The lowest BCUT2D eigenvalue weighted by atomic mass is 10.1. The maximum Gasteiger partial charge on any atom is 0.379 e. The number of piperidine rings is 1. The zero-order valence-corrected chi connectivity index (χ0v) is 12.9. The van der Waals surface area contributed by atoms with E-state index in [1.807, 2.05) is 0 Å². The number of ether oxygens (including phenoxy) is 3. The molecule has 1 saturated heterocycles. The molecule has 0 spiro atoms. The molecule has 1 unspecified atom stereocenters. The summed E-state index contributed by atoms with van der Waals surface area (Å²) in [4.78, 5) is 23.5. The van der Waals surface area contributed by atoms with E-state index in [4.69, 9.17) is 14.2 Å². The van der Waals surface area contributed by atoms with Crippen LogP contribution in [-0.4, -0.2) is 44.7 Å². The molecule has 0 aliphatic carbocycles. The molecule has 1 atom stereocenters. The number of Topliss-reactive ketones (excluding diaryl/α,β-unsaturated/α-hetero) is 1. The Morgan fingerprint density at radius 3 is 2.77 bits per heavy atom. The van der Waals surface area contributed by atoms with Crippen molar-refractivity contribution in [3.8, 4) is 11.5 Å². The van der Waals surface area contributed by atoms with Crippen molar-refractivity contribution in [3.63, 3.8) is 0 Å². The minimum atomic E-state index is -0.863. The van der Waals surface area contributed by atoms with E-state index >= 15 is 0 Å². The van der Waals surface area contributed by atoms with Crippen LogP contribution in [0.2, 0.25) is 0 Å². The molecule has 0 amide bonds. The van der Waals surface area contributed by atoms with Crippen molar-refractivity contribution in [2.24, 2.45) is 0 Å². The Kier molecular flexibility index (Phi) is 5.77. The molecule has 1 aromatic rings. The maximum atomic E-state index is 12.0. The molecular weight excluding hydrogens is 286 g/mol. The molecule has 0 saturated carbocycles. The zero-order valence-electron chi connectivity index (χ0n) is 12.9. The number of carbonyl (C=O) groups excluding carboxylic acids is 2. The molecule has 2 rings (SSSR count). The number of carbonyl (C=O) groups is 2. The van der Waals surface area contributed by atoms with Gasteiger partial charge in [0.15, 0.2) is 11.5 Å². The third kappa shape index (κ3) is 3.98. The number of hydrogen-bond donors (Lipinski definition) is 1. The number of benzene rings is 1. The van der Waals surface area contributed by atoms with Gasteiger partial charge in [-0.2, -0.15) is 0 Å². The molecule has 1 heterocycles. The summed E-state index contributed by atoms with van der Waals surface area (Å²) in [6.07, 6.45) is 2.00. The summed E-state index contributed by atoms with van der Waals surface area (Å²) < 4.78 is 15.9. The van der Waals surface area contributed by atoms with Crippen molar-refractivity contribution in [1.29, 1.82) is 0 Å². The smallest absolute Gasteiger partial charge is 0.379 e. The topological polar surface area (TPSA) is 73.9 Å². The van der Waals surface area contributed by atoms with E-state index in [9.17, 15) is 9.59 Å². The van der Waals surface area contributed by atoms with Crippen molar-refractivity contribution >= 4 is 11.8 Å². The van der Waals surface area contributed by atoms with Crippen molar-refractivity contribution in [2.75, 3.05) is 26.8 Å². The van der Waals surface area contributed by atoms with E-state index in [0.717, 1.165) is 25.9 Å². The van der Waals surface area contributed by atoms with E-state index in [2.05, 4.69) is 5.32 Å². The van der Waals surface area contributed by atoms with Crippen LogP contribution >= 0.6 is 0 Å². The molecule has 1 aliphatic heterocycles. The van der Waals surface area contributed by atoms with Crippen LogP contribution in [0.4, 0.5) is 0 Å². The number of esters is 1. The summed E-state index contributed by atoms with van der Waals surface area (Å²) in [6, 6.07) is 4.69. The molecule has 1 aliphatic rings. The van der Waals surface area contributed by atoms with Gasteiger partial charge in [-0.15, -0.1) is 0 Å². The average Bonchev–Trinajstić information content (AvgIpc) is 2.55. The predicted octanol–water partition coefficient (Wildman–Crippen LogP) is 1.57. The van der Waals surface area contributed by atoms with Crippen LogP contribution in [0.25, 0.3) is 0 Å². The Bertz CT molecular complexity index is 537. The van der Waals surface area contributed by atoms with Crippen LogP contribution in [0.5, 0.6) is 11.5 Å². The second kappa shape index (κ2) is 7.79. The summed E-state index contributed by atoms with van der Waals surface area (Å²) in [5.41, 5.74) is 0.234. The molecule has 0 radical (unpaired) electrons. The minimum absolute atomic E-state index is 0.0237. The Morgan fingerprint density at radius 2 is 2.14 bits per heavy atom. The van der Waals surface area contributed by atoms with Gasteiger partial charge in [-0.05, 0) is 44.5 Å². The zero-order chi connectivity index (χ0) is 15.9. The molecule has 0 aromatic heterocycles. The van der Waals surface area contributed by atoms with Crippen molar-refractivity contribution in [3.05, 3.63) is 23.8 Å². The summed E-state index contributed by atoms with van der Waals surface area (Å²) in [7, 11) is 1.54. The van der Waals surface area contributed by atoms with Crippen LogP contribution in [0, 0.1) is 0 Å². The van der Waals surface area contributed by atoms with Gasteiger partial charge in [-0.3, -0.25) is 4.79 Å². The van der Waals surface area contributed by atoms with Gasteiger partial charge < -0.3 is 19.5 Å². The van der Waals surface area contributed by atoms with E-state index in [1.165, 1.54) is 19.2 Å². The first kappa shape index (κ1) is 16.3. The molecule has 6 nitrogen and oxygen atoms in total. The molecule has 1 fully saturated rings. The molecule has 22 heavy (non-hydrogen) atoms. The summed E-state index contributed by atoms with van der Waals surface area (Å²) in [5.74, 6) is -0.550. The average molecular weight is 307 g/mol. The lowest BCUT2D eigenvalue weighted by Crippen LogP contribution is -2.37. The lowest BCUT2D eigenvalue weighted by Gasteiger charge is -2.25. The van der Waals surface area contributed by atoms with E-state index in [0.29, 0.717) is 11.5 Å². The fourth-order valence-electron chi connectivity index (χ4n) is 2.32. The molecule has 120 valence electrons. The monoisotopic (exact) mass is 307 g/mol. The standard InChI is InChI=1S/C16H21NO5/c1-3-21-16(19)15(18)11-6-7-13(20-2)14(9-11)22-12-5-4-8-17-10-12/h6-7,9,12,17H,3-5,8,10H2,1-2H3. The van der Waals surface area contributed by atoms with Crippen LogP contribution in [-0.2, 0) is 9.53 Å². The van der Waals surface area contributed by atoms with Crippen LogP contribution in [0.1, 0.15) is 30.1 Å². The largest absolute Gasteiger partial charge is 0.493 e. The maximum absolute atomic E-state index is 12.0. The Labute approximate surface area is 129 Å². The van der Waals surface area contributed by atoms with Gasteiger partial charge in [0.1, 0.15) is 6.10 Å². The third-order valence-corrected chi connectivity index (χ3v) is 3.43. The number of methoxy groups -OCH3 is 1. The van der Waals surface area contributed by atoms with Crippen molar-refractivity contribution in [1.82, 2.24) is 5.32 Å². The lowest BCUT2D eigenvalue weighted by molar-refractivity contribution is -0.137. The Hall–Kier alpha value is -2.08. The normalized spacial score (nSPS) is 17.6. The Morgan fingerprint density at radius 1 is 1.32 bits per heavy atom. The first-order valence-electron chi connectivity index (χ1n) is 7.42. The highest BCUT2D eigenvalue weighted by molar-refractivity contribution is 6.40. The van der Waals surface area contributed by atoms with Crippen LogP contribution in [0.3, 0.4) is 0 Å². The second-order valence-electron chi connectivity index (χ2n) is 5.00. The molecule has 1 N–H and O–H groups in total. The van der Waals surface area contributed by atoms with Crippen LogP contribution < -0.4 is 14.8 Å². The number of rotatable bonds is 6. The highest BCUT2D eigenvalue weighted by Gasteiger charge is 2.21. The SMILES string of the molecule is CCOC(=O)C(=O)c1ccc(OC)c(OC2CCCNC2)c1. The molecule has 0 bridgehead atoms. The van der Waals surface area contributed by atoms with Crippen molar-refractivity contribution < 1.29 is 23.8 Å². The summed E-state index contributed by atoms with van der Waals surface area (Å²) in [6.45, 7) is 3.55. The van der Waals surface area contributed by atoms with E-state index in [-0.39, 0.29) is 18.3 Å². The number of hydrogen-bond acceptors (Lipinski definition) is 6. The molecular formula is C16H21NO5. The second-order valence-corrected chi connectivity index (χ2v) is 5.00. The van der Waals surface area contributed by atoms with E-state index < -0.39 is 11.8 Å². The fraction of sp³-hybridized carbons (Fsp3) is 0.500. The van der Waals surface area contributed by atoms with Gasteiger partial charge in [0, 0.05) is 12.1 Å². The van der Waals surface area contributed by atoms with Crippen LogP contribution in [0.15, 0.2) is 18.2 Å². The van der Waals surface area contributed by atoms with Crippen molar-refractivity contribution in [2.45, 2.75) is 25.9 Å². The Balaban J connectivity index is 2.18. The number of nitrogens with one attached hydrogen (secondary N) is 1. The fourth-order valence-corrected chi connectivity index (χ4v) is 2.32. The van der Waals surface area contributed by atoms with E-state index in [1.54, 1.807) is 13.0 Å². The highest BCUT2D eigenvalue weighted by Crippen LogP contribution is 2.30. The van der Waals surface area contributed by atoms with Gasteiger partial charge in [-0.1, -0.05) is 0 Å².